The normalized spacial score (nSPS) is 13.4. The van der Waals surface area contributed by atoms with Gasteiger partial charge in [0.05, 0.1) is 6.04 Å². The van der Waals surface area contributed by atoms with Crippen LogP contribution in [0.5, 0.6) is 0 Å². The lowest BCUT2D eigenvalue weighted by Gasteiger charge is -2.26. The van der Waals surface area contributed by atoms with Crippen LogP contribution in [0, 0.1) is 0 Å². The van der Waals surface area contributed by atoms with Gasteiger partial charge < -0.3 is 21.5 Å². The third-order valence-corrected chi connectivity index (χ3v) is 5.75. The van der Waals surface area contributed by atoms with Gasteiger partial charge in [-0.3, -0.25) is 14.4 Å². The third-order valence-electron chi connectivity index (χ3n) is 5.16. The van der Waals surface area contributed by atoms with E-state index in [0.29, 0.717) is 26.7 Å². The minimum Gasteiger partial charge on any atom is -0.381 e. The summed E-state index contributed by atoms with van der Waals surface area (Å²) in [5.74, 6) is -2.16. The maximum Gasteiger partial charge on any atom is 0.252 e. The molecule has 9 heteroatoms. The summed E-state index contributed by atoms with van der Waals surface area (Å²) in [6, 6.07) is 19.5. The summed E-state index contributed by atoms with van der Waals surface area (Å²) in [6.07, 6.45) is -1.71. The Morgan fingerprint density at radius 2 is 1.50 bits per heavy atom. The standard InChI is InChI=1S/C25H23Cl2N3O4/c26-18-12-11-17(19(27)14-18)13-20(23(28)32)29-25(34)22(31)21(15-7-3-1-4-8-15)30-24(33)16-9-5-2-6-10-16/h1-12,14,20-22,31H,13H2,(H2,28,32)(H,29,34)(H,30,33)/t20-,21+,22-/m1/s1. The molecule has 7 nitrogen and oxygen atoms in total. The molecular weight excluding hydrogens is 477 g/mol. The molecule has 0 spiro atoms. The van der Waals surface area contributed by atoms with Crippen LogP contribution >= 0.6 is 23.2 Å². The van der Waals surface area contributed by atoms with Crippen molar-refractivity contribution in [1.82, 2.24) is 10.6 Å². The highest BCUT2D eigenvalue weighted by molar-refractivity contribution is 6.35. The number of rotatable bonds is 9. The van der Waals surface area contributed by atoms with Gasteiger partial charge in [0.25, 0.3) is 11.8 Å². The van der Waals surface area contributed by atoms with E-state index in [4.69, 9.17) is 28.9 Å². The van der Waals surface area contributed by atoms with Gasteiger partial charge in [-0.05, 0) is 35.4 Å². The minimum absolute atomic E-state index is 0.00380. The molecule has 0 aliphatic carbocycles. The van der Waals surface area contributed by atoms with Gasteiger partial charge in [-0.25, -0.2) is 0 Å². The van der Waals surface area contributed by atoms with Crippen molar-refractivity contribution in [3.63, 3.8) is 0 Å². The zero-order valence-electron chi connectivity index (χ0n) is 17.9. The summed E-state index contributed by atoms with van der Waals surface area (Å²) in [7, 11) is 0. The average Bonchev–Trinajstić information content (AvgIpc) is 2.84. The van der Waals surface area contributed by atoms with Crippen LogP contribution in [-0.4, -0.2) is 35.0 Å². The molecule has 5 N–H and O–H groups in total. The van der Waals surface area contributed by atoms with Crippen molar-refractivity contribution in [2.75, 3.05) is 0 Å². The van der Waals surface area contributed by atoms with Crippen molar-refractivity contribution in [2.24, 2.45) is 5.73 Å². The predicted octanol–water partition coefficient (Wildman–Crippen LogP) is 3.04. The molecule has 0 fully saturated rings. The number of aliphatic hydroxyl groups is 1. The van der Waals surface area contributed by atoms with Gasteiger partial charge in [0.15, 0.2) is 6.10 Å². The summed E-state index contributed by atoms with van der Waals surface area (Å²) in [6.45, 7) is 0. The van der Waals surface area contributed by atoms with Crippen molar-refractivity contribution in [3.05, 3.63) is 106 Å². The van der Waals surface area contributed by atoms with Gasteiger partial charge >= 0.3 is 0 Å². The fourth-order valence-corrected chi connectivity index (χ4v) is 3.84. The molecule has 3 atom stereocenters. The summed E-state index contributed by atoms with van der Waals surface area (Å²) >= 11 is 12.1. The van der Waals surface area contributed by atoms with Crippen LogP contribution in [0.3, 0.4) is 0 Å². The SMILES string of the molecule is NC(=O)[C@@H](Cc1ccc(Cl)cc1Cl)NC(=O)[C@H](O)[C@@H](NC(=O)c1ccccc1)c1ccccc1. The van der Waals surface area contributed by atoms with Gasteiger partial charge in [-0.1, -0.05) is 77.8 Å². The van der Waals surface area contributed by atoms with Crippen molar-refractivity contribution in [2.45, 2.75) is 24.6 Å². The highest BCUT2D eigenvalue weighted by Crippen LogP contribution is 2.23. The molecular formula is C25H23Cl2N3O4. The number of carbonyl (C=O) groups excluding carboxylic acids is 3. The van der Waals surface area contributed by atoms with E-state index in [0.717, 1.165) is 0 Å². The van der Waals surface area contributed by atoms with Crippen molar-refractivity contribution < 1.29 is 19.5 Å². The van der Waals surface area contributed by atoms with E-state index in [-0.39, 0.29) is 6.42 Å². The van der Waals surface area contributed by atoms with Gasteiger partial charge in [0.1, 0.15) is 6.04 Å². The second-order valence-electron chi connectivity index (χ2n) is 7.58. The Hall–Kier alpha value is -3.39. The van der Waals surface area contributed by atoms with Crippen molar-refractivity contribution in [1.29, 1.82) is 0 Å². The summed E-state index contributed by atoms with van der Waals surface area (Å²) in [4.78, 5) is 37.7. The van der Waals surface area contributed by atoms with Crippen LogP contribution in [0.4, 0.5) is 0 Å². The molecule has 0 unspecified atom stereocenters. The Morgan fingerprint density at radius 3 is 2.09 bits per heavy atom. The lowest BCUT2D eigenvalue weighted by Crippen LogP contribution is -2.52. The molecule has 0 bridgehead atoms. The molecule has 0 saturated heterocycles. The van der Waals surface area contributed by atoms with E-state index >= 15 is 0 Å². The first-order chi connectivity index (χ1) is 16.3. The van der Waals surface area contributed by atoms with Crippen molar-refractivity contribution in [3.8, 4) is 0 Å². The maximum atomic E-state index is 12.9. The van der Waals surface area contributed by atoms with E-state index < -0.39 is 35.9 Å². The monoisotopic (exact) mass is 499 g/mol. The molecule has 3 aromatic carbocycles. The number of amides is 3. The van der Waals surface area contributed by atoms with Crippen LogP contribution in [0.2, 0.25) is 10.0 Å². The van der Waals surface area contributed by atoms with Crippen LogP contribution in [-0.2, 0) is 16.0 Å². The summed E-state index contributed by atoms with van der Waals surface area (Å²) in [5, 5.41) is 16.8. The van der Waals surface area contributed by atoms with Crippen LogP contribution in [0.1, 0.15) is 27.5 Å². The number of halogens is 2. The molecule has 0 aliphatic rings. The van der Waals surface area contributed by atoms with Gasteiger partial charge in [0.2, 0.25) is 5.91 Å². The zero-order chi connectivity index (χ0) is 24.7. The Labute approximate surface area is 206 Å². The second kappa shape index (κ2) is 11.7. The van der Waals surface area contributed by atoms with Crippen LogP contribution < -0.4 is 16.4 Å². The molecule has 3 amide bonds. The van der Waals surface area contributed by atoms with Crippen molar-refractivity contribution >= 4 is 40.9 Å². The molecule has 0 saturated carbocycles. The quantitative estimate of drug-likeness (QED) is 0.361. The lowest BCUT2D eigenvalue weighted by molar-refractivity contribution is -0.134. The van der Waals surface area contributed by atoms with Crippen LogP contribution in [0.15, 0.2) is 78.9 Å². The molecule has 3 rings (SSSR count). The number of nitrogens with one attached hydrogen (secondary N) is 2. The highest BCUT2D eigenvalue weighted by Gasteiger charge is 2.32. The maximum absolute atomic E-state index is 12.9. The number of primary amides is 1. The number of aliphatic hydroxyl groups excluding tert-OH is 1. The molecule has 0 aliphatic heterocycles. The zero-order valence-corrected chi connectivity index (χ0v) is 19.5. The minimum atomic E-state index is -1.71. The van der Waals surface area contributed by atoms with E-state index in [2.05, 4.69) is 10.6 Å². The number of nitrogens with two attached hydrogens (primary N) is 1. The summed E-state index contributed by atoms with van der Waals surface area (Å²) < 4.78 is 0. The molecule has 0 heterocycles. The van der Waals surface area contributed by atoms with E-state index in [1.807, 2.05) is 0 Å². The number of carbonyl (C=O) groups is 3. The topological polar surface area (TPSA) is 122 Å². The highest BCUT2D eigenvalue weighted by atomic mass is 35.5. The Bertz CT molecular complexity index is 1160. The molecule has 176 valence electrons. The summed E-state index contributed by atoms with van der Waals surface area (Å²) in [5.41, 5.74) is 6.90. The van der Waals surface area contributed by atoms with Gasteiger partial charge in [-0.2, -0.15) is 0 Å². The molecule has 0 aromatic heterocycles. The fourth-order valence-electron chi connectivity index (χ4n) is 3.36. The predicted molar refractivity (Wildman–Crippen MR) is 130 cm³/mol. The second-order valence-corrected chi connectivity index (χ2v) is 8.42. The van der Waals surface area contributed by atoms with E-state index in [1.54, 1.807) is 72.8 Å². The fraction of sp³-hybridized carbons (Fsp3) is 0.160. The molecule has 3 aromatic rings. The first-order valence-corrected chi connectivity index (χ1v) is 11.1. The van der Waals surface area contributed by atoms with Gasteiger partial charge in [-0.15, -0.1) is 0 Å². The van der Waals surface area contributed by atoms with E-state index in [9.17, 15) is 19.5 Å². The Balaban J connectivity index is 1.80. The first kappa shape index (κ1) is 25.2. The number of hydrogen-bond acceptors (Lipinski definition) is 4. The molecule has 0 radical (unpaired) electrons. The number of hydrogen-bond donors (Lipinski definition) is 4. The van der Waals surface area contributed by atoms with E-state index in [1.165, 1.54) is 6.07 Å². The van der Waals surface area contributed by atoms with Gasteiger partial charge in [0, 0.05) is 22.0 Å². The Morgan fingerprint density at radius 1 is 0.882 bits per heavy atom. The number of benzene rings is 3. The lowest BCUT2D eigenvalue weighted by atomic mass is 9.99. The molecule has 34 heavy (non-hydrogen) atoms. The third kappa shape index (κ3) is 6.57. The first-order valence-electron chi connectivity index (χ1n) is 10.4. The Kier molecular flexibility index (Phi) is 8.65. The average molecular weight is 500 g/mol. The smallest absolute Gasteiger partial charge is 0.252 e. The van der Waals surface area contributed by atoms with Crippen LogP contribution in [0.25, 0.3) is 0 Å². The largest absolute Gasteiger partial charge is 0.381 e.